The van der Waals surface area contributed by atoms with E-state index in [0.29, 0.717) is 0 Å². The fourth-order valence-electron chi connectivity index (χ4n) is 1.99. The molecule has 0 saturated heterocycles. The van der Waals surface area contributed by atoms with E-state index in [1.54, 1.807) is 0 Å². The summed E-state index contributed by atoms with van der Waals surface area (Å²) in [6.07, 6.45) is -18.4. The molecular weight excluding hydrogens is 439 g/mol. The second kappa shape index (κ2) is 8.10. The topological polar surface area (TPSA) is 66.8 Å². The molecule has 0 amide bonds. The third-order valence-electron chi connectivity index (χ3n) is 3.82. The number of carbonyl (C=O) groups excluding carboxylic acids is 1. The van der Waals surface area contributed by atoms with Gasteiger partial charge in [0.15, 0.2) is 5.60 Å². The standard InChI is InChI=1S/C16H13F9O4.CH4/c1-7(2)11(26)29-10-5-8(12(3,27)14(17,18)19)4-9(6-10)13(28,15(20,21)22)16(23,24)25;/h4-6,27-28H,1H2,2-3H3;1H4. The van der Waals surface area contributed by atoms with Crippen LogP contribution in [0.1, 0.15) is 32.4 Å². The van der Waals surface area contributed by atoms with Crippen LogP contribution in [0.5, 0.6) is 5.75 Å². The molecule has 0 aliphatic rings. The fraction of sp³-hybridized carbons (Fsp3) is 0.471. The van der Waals surface area contributed by atoms with Crippen LogP contribution in [-0.4, -0.2) is 34.7 Å². The molecule has 13 heteroatoms. The number of hydrogen-bond donors (Lipinski definition) is 2. The van der Waals surface area contributed by atoms with Crippen LogP contribution in [0.4, 0.5) is 39.5 Å². The molecule has 1 rings (SSSR count). The summed E-state index contributed by atoms with van der Waals surface area (Å²) < 4.78 is 122. The second-order valence-corrected chi connectivity index (χ2v) is 6.19. The summed E-state index contributed by atoms with van der Waals surface area (Å²) in [6.45, 7) is 4.19. The van der Waals surface area contributed by atoms with Gasteiger partial charge in [-0.25, -0.2) is 4.79 Å². The molecule has 0 aromatic heterocycles. The predicted octanol–water partition coefficient (Wildman–Crippen LogP) is 4.89. The van der Waals surface area contributed by atoms with Crippen LogP contribution in [0.3, 0.4) is 0 Å². The van der Waals surface area contributed by atoms with Crippen LogP contribution < -0.4 is 4.74 Å². The van der Waals surface area contributed by atoms with Crippen molar-refractivity contribution >= 4 is 5.97 Å². The van der Waals surface area contributed by atoms with Gasteiger partial charge in [-0.1, -0.05) is 14.0 Å². The van der Waals surface area contributed by atoms with Gasteiger partial charge in [-0.2, -0.15) is 39.5 Å². The van der Waals surface area contributed by atoms with Gasteiger partial charge in [-0.3, -0.25) is 0 Å². The fourth-order valence-corrected chi connectivity index (χ4v) is 1.99. The number of aliphatic hydroxyl groups is 2. The highest BCUT2D eigenvalue weighted by Gasteiger charge is 2.71. The molecule has 0 bridgehead atoms. The Hall–Kier alpha value is -2.28. The molecular formula is C17H17F9O4. The zero-order valence-corrected chi connectivity index (χ0v) is 14.6. The highest BCUT2D eigenvalue weighted by Crippen LogP contribution is 2.51. The lowest BCUT2D eigenvalue weighted by Gasteiger charge is -2.34. The van der Waals surface area contributed by atoms with Gasteiger partial charge in [0.05, 0.1) is 0 Å². The zero-order valence-electron chi connectivity index (χ0n) is 14.6. The van der Waals surface area contributed by atoms with Gasteiger partial charge >= 0.3 is 24.5 Å². The van der Waals surface area contributed by atoms with Crippen molar-refractivity contribution < 1.29 is 59.3 Å². The Morgan fingerprint density at radius 1 is 0.867 bits per heavy atom. The summed E-state index contributed by atoms with van der Waals surface area (Å²) in [5.74, 6) is -2.61. The third kappa shape index (κ3) is 4.89. The number of rotatable bonds is 4. The van der Waals surface area contributed by atoms with Crippen LogP contribution >= 0.6 is 0 Å². The largest absolute Gasteiger partial charge is 0.430 e. The van der Waals surface area contributed by atoms with Crippen LogP contribution in [-0.2, 0) is 16.0 Å². The Morgan fingerprint density at radius 2 is 1.27 bits per heavy atom. The van der Waals surface area contributed by atoms with Crippen molar-refractivity contribution in [3.8, 4) is 5.75 Å². The van der Waals surface area contributed by atoms with E-state index in [9.17, 15) is 54.5 Å². The van der Waals surface area contributed by atoms with Gasteiger partial charge in [0, 0.05) is 11.1 Å². The Balaban J connectivity index is 0.00000841. The van der Waals surface area contributed by atoms with Crippen molar-refractivity contribution in [3.05, 3.63) is 41.5 Å². The van der Waals surface area contributed by atoms with Crippen LogP contribution in [0.15, 0.2) is 30.4 Å². The van der Waals surface area contributed by atoms with Gasteiger partial charge in [0.2, 0.25) is 0 Å². The van der Waals surface area contributed by atoms with Gasteiger partial charge in [0.25, 0.3) is 5.60 Å². The summed E-state index contributed by atoms with van der Waals surface area (Å²) in [5, 5.41) is 19.1. The molecule has 0 aliphatic heterocycles. The Morgan fingerprint density at radius 3 is 1.60 bits per heavy atom. The molecule has 30 heavy (non-hydrogen) atoms. The van der Waals surface area contributed by atoms with E-state index in [0.717, 1.165) is 6.92 Å². The highest BCUT2D eigenvalue weighted by molar-refractivity contribution is 5.88. The molecule has 1 atom stereocenters. The lowest BCUT2D eigenvalue weighted by atomic mass is 9.86. The molecule has 0 saturated carbocycles. The van der Waals surface area contributed by atoms with Crippen LogP contribution in [0.25, 0.3) is 0 Å². The smallest absolute Gasteiger partial charge is 0.423 e. The van der Waals surface area contributed by atoms with E-state index >= 15 is 0 Å². The maximum absolute atomic E-state index is 13.1. The third-order valence-corrected chi connectivity index (χ3v) is 3.82. The first-order chi connectivity index (χ1) is 12.7. The van der Waals surface area contributed by atoms with Crippen molar-refractivity contribution in [2.24, 2.45) is 0 Å². The first-order valence-corrected chi connectivity index (χ1v) is 7.35. The Bertz CT molecular complexity index is 791. The van der Waals surface area contributed by atoms with Gasteiger partial charge in [-0.15, -0.1) is 0 Å². The SMILES string of the molecule is C.C=C(C)C(=O)Oc1cc(C(C)(O)C(F)(F)F)cc(C(O)(C(F)(F)F)C(F)(F)F)c1. The van der Waals surface area contributed by atoms with Crippen molar-refractivity contribution in [1.82, 2.24) is 0 Å². The molecule has 1 aromatic carbocycles. The molecule has 0 aliphatic carbocycles. The lowest BCUT2D eigenvalue weighted by Crippen LogP contribution is -2.54. The minimum Gasteiger partial charge on any atom is -0.423 e. The summed E-state index contributed by atoms with van der Waals surface area (Å²) in [4.78, 5) is 11.5. The zero-order chi connectivity index (χ0) is 23.2. The number of alkyl halides is 9. The van der Waals surface area contributed by atoms with E-state index in [1.165, 1.54) is 0 Å². The molecule has 1 aromatic rings. The van der Waals surface area contributed by atoms with E-state index in [-0.39, 0.29) is 38.1 Å². The van der Waals surface area contributed by atoms with Crippen molar-refractivity contribution in [2.45, 2.75) is 51.0 Å². The molecule has 172 valence electrons. The molecule has 0 spiro atoms. The summed E-state index contributed by atoms with van der Waals surface area (Å²) in [7, 11) is 0. The summed E-state index contributed by atoms with van der Waals surface area (Å²) in [6, 6.07) is -0.227. The number of benzene rings is 1. The van der Waals surface area contributed by atoms with E-state index in [2.05, 4.69) is 11.3 Å². The minimum absolute atomic E-state index is 0. The second-order valence-electron chi connectivity index (χ2n) is 6.19. The molecule has 1 unspecified atom stereocenters. The van der Waals surface area contributed by atoms with E-state index in [1.807, 2.05) is 0 Å². The normalized spacial score (nSPS) is 15.1. The quantitative estimate of drug-likeness (QED) is 0.293. The molecule has 4 nitrogen and oxygen atoms in total. The van der Waals surface area contributed by atoms with Crippen molar-refractivity contribution in [1.29, 1.82) is 0 Å². The molecule has 0 fully saturated rings. The number of carbonyl (C=O) groups is 1. The average Bonchev–Trinajstić information content (AvgIpc) is 2.50. The van der Waals surface area contributed by atoms with Crippen molar-refractivity contribution in [2.75, 3.05) is 0 Å². The molecule has 0 heterocycles. The molecule has 0 radical (unpaired) electrons. The first kappa shape index (κ1) is 27.7. The van der Waals surface area contributed by atoms with Crippen LogP contribution in [0.2, 0.25) is 0 Å². The monoisotopic (exact) mass is 456 g/mol. The average molecular weight is 456 g/mol. The Labute approximate surface area is 164 Å². The molecule has 2 N–H and O–H groups in total. The number of ether oxygens (including phenoxy) is 1. The van der Waals surface area contributed by atoms with Gasteiger partial charge in [-0.05, 0) is 37.6 Å². The summed E-state index contributed by atoms with van der Waals surface area (Å²) >= 11 is 0. The van der Waals surface area contributed by atoms with Gasteiger partial charge in [0.1, 0.15) is 5.75 Å². The first-order valence-electron chi connectivity index (χ1n) is 7.35. The van der Waals surface area contributed by atoms with Gasteiger partial charge < -0.3 is 14.9 Å². The number of halogens is 9. The number of hydrogen-bond acceptors (Lipinski definition) is 4. The summed E-state index contributed by atoms with van der Waals surface area (Å²) in [5.41, 5.74) is -13.7. The maximum atomic E-state index is 13.1. The van der Waals surface area contributed by atoms with Crippen molar-refractivity contribution in [3.63, 3.8) is 0 Å². The lowest BCUT2D eigenvalue weighted by molar-refractivity contribution is -0.376. The highest BCUT2D eigenvalue weighted by atomic mass is 19.4. The van der Waals surface area contributed by atoms with E-state index in [4.69, 9.17) is 0 Å². The maximum Gasteiger partial charge on any atom is 0.430 e. The van der Waals surface area contributed by atoms with E-state index < -0.39 is 52.6 Å². The predicted molar refractivity (Wildman–Crippen MR) is 85.3 cm³/mol. The minimum atomic E-state index is -6.43. The number of esters is 1. The Kier molecular flexibility index (Phi) is 7.48. The van der Waals surface area contributed by atoms with Crippen LogP contribution in [0, 0.1) is 0 Å².